The molecule has 3 rings (SSSR count). The van der Waals surface area contributed by atoms with Crippen LogP contribution >= 0.6 is 34.9 Å². The van der Waals surface area contributed by atoms with E-state index >= 15 is 0 Å². The largest absolute Gasteiger partial charge is 0.494 e. The Morgan fingerprint density at radius 2 is 2.16 bits per heavy atom. The van der Waals surface area contributed by atoms with Gasteiger partial charge in [0.2, 0.25) is 0 Å². The van der Waals surface area contributed by atoms with E-state index in [0.717, 1.165) is 0 Å². The van der Waals surface area contributed by atoms with Gasteiger partial charge in [-0.1, -0.05) is 6.07 Å². The lowest BCUT2D eigenvalue weighted by Crippen LogP contribution is -2.33. The number of benzene rings is 1. The van der Waals surface area contributed by atoms with Gasteiger partial charge in [0.1, 0.15) is 0 Å². The summed E-state index contributed by atoms with van der Waals surface area (Å²) in [6, 6.07) is 8.12. The summed E-state index contributed by atoms with van der Waals surface area (Å²) in [6.45, 7) is 0. The molecule has 128 valence electrons. The van der Waals surface area contributed by atoms with Gasteiger partial charge in [0, 0.05) is 10.9 Å². The topological polar surface area (TPSA) is 63.2 Å². The van der Waals surface area contributed by atoms with Gasteiger partial charge < -0.3 is 10.1 Å². The van der Waals surface area contributed by atoms with Crippen molar-refractivity contribution in [3.05, 3.63) is 51.8 Å². The minimum absolute atomic E-state index is 0.153. The van der Waals surface area contributed by atoms with E-state index in [4.69, 9.17) is 17.0 Å². The third kappa shape index (κ3) is 4.19. The number of nitrogens with zero attached hydrogens (tertiary/aromatic N) is 1. The quantitative estimate of drug-likeness (QED) is 0.652. The highest BCUT2D eigenvalue weighted by Gasteiger charge is 2.12. The number of thiocarbonyl (C=S) groups is 1. The van der Waals surface area contributed by atoms with Crippen molar-refractivity contribution in [1.29, 1.82) is 0 Å². The van der Waals surface area contributed by atoms with Crippen molar-refractivity contribution < 1.29 is 13.9 Å². The number of hydrogen-bond donors (Lipinski definition) is 2. The minimum atomic E-state index is -0.457. The molecule has 9 heteroatoms. The van der Waals surface area contributed by atoms with Crippen LogP contribution in [0.15, 0.2) is 41.1 Å². The van der Waals surface area contributed by atoms with E-state index in [1.165, 1.54) is 35.8 Å². The lowest BCUT2D eigenvalue weighted by atomic mass is 10.1. The highest BCUT2D eigenvalue weighted by atomic mass is 32.1. The third-order valence-electron chi connectivity index (χ3n) is 3.14. The maximum absolute atomic E-state index is 13.8. The zero-order valence-corrected chi connectivity index (χ0v) is 15.4. The molecule has 2 aromatic heterocycles. The molecule has 0 aliphatic carbocycles. The fourth-order valence-corrected chi connectivity index (χ4v) is 3.59. The molecule has 0 fully saturated rings. The summed E-state index contributed by atoms with van der Waals surface area (Å²) in [5.74, 6) is -0.558. The average molecular weight is 393 g/mol. The number of carbonyl (C=O) groups excluding carboxylic acids is 1. The second-order valence-corrected chi connectivity index (χ2v) is 6.99. The van der Waals surface area contributed by atoms with Crippen molar-refractivity contribution in [2.24, 2.45) is 0 Å². The first kappa shape index (κ1) is 17.5. The Morgan fingerprint density at radius 1 is 1.32 bits per heavy atom. The van der Waals surface area contributed by atoms with Crippen LogP contribution in [-0.4, -0.2) is 23.1 Å². The summed E-state index contributed by atoms with van der Waals surface area (Å²) < 4.78 is 18.7. The number of ether oxygens (including phenoxy) is 1. The van der Waals surface area contributed by atoms with Crippen LogP contribution in [-0.2, 0) is 0 Å². The number of hydrogen-bond acceptors (Lipinski definition) is 6. The first-order valence-corrected chi connectivity index (χ1v) is 9.19. The monoisotopic (exact) mass is 393 g/mol. The van der Waals surface area contributed by atoms with Gasteiger partial charge in [-0.15, -0.1) is 22.7 Å². The standard InChI is InChI=1S/C16H12FN3O2S3/c1-22-12-5-4-9(7-10(12)17)11-8-25-16(18-11)20-15(23)19-14(21)13-3-2-6-24-13/h2-8H,1H3,(H2,18,19,20,21,23). The van der Waals surface area contributed by atoms with Gasteiger partial charge in [0.15, 0.2) is 21.8 Å². The van der Waals surface area contributed by atoms with E-state index in [0.29, 0.717) is 21.3 Å². The van der Waals surface area contributed by atoms with Crippen molar-refractivity contribution in [3.8, 4) is 17.0 Å². The van der Waals surface area contributed by atoms with E-state index in [1.54, 1.807) is 29.6 Å². The van der Waals surface area contributed by atoms with Crippen LogP contribution in [0.2, 0.25) is 0 Å². The Morgan fingerprint density at radius 3 is 2.84 bits per heavy atom. The van der Waals surface area contributed by atoms with Gasteiger partial charge in [0.25, 0.3) is 5.91 Å². The van der Waals surface area contributed by atoms with Crippen molar-refractivity contribution in [2.75, 3.05) is 12.4 Å². The van der Waals surface area contributed by atoms with Crippen molar-refractivity contribution in [3.63, 3.8) is 0 Å². The molecule has 3 aromatic rings. The van der Waals surface area contributed by atoms with Gasteiger partial charge in [-0.25, -0.2) is 9.37 Å². The predicted molar refractivity (Wildman–Crippen MR) is 102 cm³/mol. The molecule has 0 aliphatic rings. The fourth-order valence-electron chi connectivity index (χ4n) is 1.99. The second-order valence-electron chi connectivity index (χ2n) is 4.77. The van der Waals surface area contributed by atoms with E-state index in [-0.39, 0.29) is 16.8 Å². The molecule has 1 aromatic carbocycles. The maximum atomic E-state index is 13.8. The highest BCUT2D eigenvalue weighted by molar-refractivity contribution is 7.80. The molecule has 5 nitrogen and oxygen atoms in total. The number of rotatable bonds is 4. The summed E-state index contributed by atoms with van der Waals surface area (Å²) in [5.41, 5.74) is 1.22. The molecular formula is C16H12FN3O2S3. The van der Waals surface area contributed by atoms with Crippen LogP contribution < -0.4 is 15.4 Å². The Bertz CT molecular complexity index is 909. The van der Waals surface area contributed by atoms with Gasteiger partial charge in [-0.05, 0) is 41.9 Å². The fraction of sp³-hybridized carbons (Fsp3) is 0.0625. The molecule has 0 saturated carbocycles. The van der Waals surface area contributed by atoms with Gasteiger partial charge >= 0.3 is 0 Å². The molecule has 1 amide bonds. The summed E-state index contributed by atoms with van der Waals surface area (Å²) >= 11 is 7.75. The Balaban J connectivity index is 1.66. The first-order valence-electron chi connectivity index (χ1n) is 7.02. The normalized spacial score (nSPS) is 10.3. The van der Waals surface area contributed by atoms with Gasteiger partial charge in [0.05, 0.1) is 17.7 Å². The molecule has 0 saturated heterocycles. The van der Waals surface area contributed by atoms with Crippen LogP contribution in [0, 0.1) is 5.82 Å². The SMILES string of the molecule is COc1ccc(-c2csc(NC(=S)NC(=O)c3cccs3)n2)cc1F. The first-order chi connectivity index (χ1) is 12.1. The van der Waals surface area contributed by atoms with E-state index in [9.17, 15) is 9.18 Å². The summed E-state index contributed by atoms with van der Waals surface area (Å²) in [5, 5.41) is 9.68. The number of carbonyl (C=O) groups is 1. The van der Waals surface area contributed by atoms with E-state index < -0.39 is 5.82 Å². The van der Waals surface area contributed by atoms with Crippen LogP contribution in [0.5, 0.6) is 5.75 Å². The lowest BCUT2D eigenvalue weighted by molar-refractivity contribution is 0.0981. The second kappa shape index (κ2) is 7.68. The number of anilines is 1. The van der Waals surface area contributed by atoms with Gasteiger partial charge in [-0.2, -0.15) is 0 Å². The van der Waals surface area contributed by atoms with E-state index in [2.05, 4.69) is 15.6 Å². The molecule has 2 heterocycles. The maximum Gasteiger partial charge on any atom is 0.267 e. The number of thiazole rings is 1. The molecule has 0 atom stereocenters. The molecule has 0 radical (unpaired) electrons. The molecule has 0 aliphatic heterocycles. The van der Waals surface area contributed by atoms with E-state index in [1.807, 2.05) is 5.38 Å². The Hall–Kier alpha value is -2.36. The molecule has 2 N–H and O–H groups in total. The summed E-state index contributed by atoms with van der Waals surface area (Å²) in [6.07, 6.45) is 0. The highest BCUT2D eigenvalue weighted by Crippen LogP contribution is 2.28. The van der Waals surface area contributed by atoms with Crippen LogP contribution in [0.25, 0.3) is 11.3 Å². The minimum Gasteiger partial charge on any atom is -0.494 e. The van der Waals surface area contributed by atoms with Crippen LogP contribution in [0.4, 0.5) is 9.52 Å². The number of amides is 1. The number of halogens is 1. The molecular weight excluding hydrogens is 381 g/mol. The smallest absolute Gasteiger partial charge is 0.267 e. The average Bonchev–Trinajstić information content (AvgIpc) is 3.26. The summed E-state index contributed by atoms with van der Waals surface area (Å²) in [4.78, 5) is 16.9. The zero-order valence-electron chi connectivity index (χ0n) is 12.9. The van der Waals surface area contributed by atoms with Crippen LogP contribution in [0.1, 0.15) is 9.67 Å². The van der Waals surface area contributed by atoms with Crippen LogP contribution in [0.3, 0.4) is 0 Å². The number of aromatic nitrogens is 1. The molecule has 0 spiro atoms. The van der Waals surface area contributed by atoms with Crippen molar-refractivity contribution in [1.82, 2.24) is 10.3 Å². The molecule has 0 unspecified atom stereocenters. The predicted octanol–water partition coefficient (Wildman–Crippen LogP) is 4.15. The molecule has 25 heavy (non-hydrogen) atoms. The third-order valence-corrected chi connectivity index (χ3v) is 4.97. The molecule has 0 bridgehead atoms. The zero-order chi connectivity index (χ0) is 17.8. The Kier molecular flexibility index (Phi) is 5.37. The van der Waals surface area contributed by atoms with Crippen molar-refractivity contribution >= 4 is 51.0 Å². The summed E-state index contributed by atoms with van der Waals surface area (Å²) in [7, 11) is 1.41. The number of thiophene rings is 1. The lowest BCUT2D eigenvalue weighted by Gasteiger charge is -2.06. The van der Waals surface area contributed by atoms with Crippen molar-refractivity contribution in [2.45, 2.75) is 0 Å². The number of nitrogens with one attached hydrogen (secondary N) is 2. The van der Waals surface area contributed by atoms with Gasteiger partial charge in [-0.3, -0.25) is 10.1 Å². The number of methoxy groups -OCH3 is 1. The Labute approximate surface area is 156 Å².